The van der Waals surface area contributed by atoms with E-state index in [9.17, 15) is 9.59 Å². The molecule has 1 amide bonds. The number of hydrogen-bond acceptors (Lipinski definition) is 2. The minimum absolute atomic E-state index is 0.000755. The van der Waals surface area contributed by atoms with Gasteiger partial charge in [0.15, 0.2) is 0 Å². The van der Waals surface area contributed by atoms with Crippen LogP contribution in [0, 0.1) is 17.8 Å². The van der Waals surface area contributed by atoms with Crippen molar-refractivity contribution in [1.29, 1.82) is 0 Å². The van der Waals surface area contributed by atoms with E-state index in [4.69, 9.17) is 5.11 Å². The zero-order valence-electron chi connectivity index (χ0n) is 13.6. The third-order valence-electron chi connectivity index (χ3n) is 4.39. The summed E-state index contributed by atoms with van der Waals surface area (Å²) >= 11 is 0. The average Bonchev–Trinajstić information content (AvgIpc) is 2.44. The van der Waals surface area contributed by atoms with Gasteiger partial charge in [-0.25, -0.2) is 0 Å². The van der Waals surface area contributed by atoms with Gasteiger partial charge < -0.3 is 10.4 Å². The summed E-state index contributed by atoms with van der Waals surface area (Å²) in [5.41, 5.74) is 0. The molecule has 4 nitrogen and oxygen atoms in total. The number of amides is 1. The minimum Gasteiger partial charge on any atom is -0.481 e. The van der Waals surface area contributed by atoms with Gasteiger partial charge in [-0.1, -0.05) is 46.0 Å². The molecule has 0 spiro atoms. The van der Waals surface area contributed by atoms with Gasteiger partial charge in [-0.2, -0.15) is 0 Å². The monoisotopic (exact) mass is 297 g/mol. The molecule has 0 saturated heterocycles. The molecule has 1 rings (SSSR count). The molecule has 0 aromatic heterocycles. The lowest BCUT2D eigenvalue weighted by molar-refractivity contribution is -0.142. The number of carboxylic acid groups (broad SMARTS) is 1. The van der Waals surface area contributed by atoms with E-state index in [0.29, 0.717) is 18.8 Å². The van der Waals surface area contributed by atoms with Gasteiger partial charge in [0.05, 0.1) is 5.92 Å². The van der Waals surface area contributed by atoms with Gasteiger partial charge in [0.1, 0.15) is 0 Å². The fourth-order valence-corrected chi connectivity index (χ4v) is 3.19. The molecule has 0 aliphatic heterocycles. The number of nitrogens with one attached hydrogen (secondary N) is 1. The summed E-state index contributed by atoms with van der Waals surface area (Å²) in [6.45, 7) is 4.26. The van der Waals surface area contributed by atoms with Crippen LogP contribution in [-0.4, -0.2) is 23.5 Å². The Labute approximate surface area is 128 Å². The molecule has 0 heterocycles. The standard InChI is InChI=1S/C17H31NO3/c1-13(2)11-15(17(20)21)12-18-16(19)10-6-9-14-7-4-3-5-8-14/h13-15H,3-12H2,1-2H3,(H,18,19)(H,20,21). The summed E-state index contributed by atoms with van der Waals surface area (Å²) in [5.74, 6) is -0.145. The lowest BCUT2D eigenvalue weighted by Gasteiger charge is -2.21. The molecular weight excluding hydrogens is 266 g/mol. The number of carbonyl (C=O) groups is 2. The van der Waals surface area contributed by atoms with E-state index < -0.39 is 11.9 Å². The first-order chi connectivity index (χ1) is 9.99. The fourth-order valence-electron chi connectivity index (χ4n) is 3.19. The van der Waals surface area contributed by atoms with Gasteiger partial charge in [-0.3, -0.25) is 9.59 Å². The van der Waals surface area contributed by atoms with E-state index in [1.54, 1.807) is 0 Å². The van der Waals surface area contributed by atoms with E-state index in [0.717, 1.165) is 18.8 Å². The van der Waals surface area contributed by atoms with Crippen molar-refractivity contribution in [2.75, 3.05) is 6.54 Å². The van der Waals surface area contributed by atoms with Crippen LogP contribution < -0.4 is 5.32 Å². The van der Waals surface area contributed by atoms with Crippen LogP contribution in [0.4, 0.5) is 0 Å². The van der Waals surface area contributed by atoms with Crippen LogP contribution in [0.25, 0.3) is 0 Å². The summed E-state index contributed by atoms with van der Waals surface area (Å²) < 4.78 is 0. The Morgan fingerprint density at radius 3 is 2.43 bits per heavy atom. The summed E-state index contributed by atoms with van der Waals surface area (Å²) in [5, 5.41) is 11.9. The first-order valence-corrected chi connectivity index (χ1v) is 8.48. The average molecular weight is 297 g/mol. The highest BCUT2D eigenvalue weighted by molar-refractivity contribution is 5.77. The molecule has 1 fully saturated rings. The summed E-state index contributed by atoms with van der Waals surface area (Å²) in [4.78, 5) is 22.9. The molecule has 1 atom stereocenters. The number of rotatable bonds is 9. The van der Waals surface area contributed by atoms with Crippen molar-refractivity contribution in [3.8, 4) is 0 Å². The Bertz CT molecular complexity index is 322. The molecule has 1 aliphatic carbocycles. The van der Waals surface area contributed by atoms with Crippen LogP contribution in [0.5, 0.6) is 0 Å². The summed E-state index contributed by atoms with van der Waals surface area (Å²) in [6.07, 6.45) is 9.89. The largest absolute Gasteiger partial charge is 0.481 e. The molecule has 1 saturated carbocycles. The third kappa shape index (κ3) is 8.08. The van der Waals surface area contributed by atoms with E-state index in [2.05, 4.69) is 5.32 Å². The lowest BCUT2D eigenvalue weighted by atomic mass is 9.86. The minimum atomic E-state index is -0.814. The second-order valence-corrected chi connectivity index (χ2v) is 6.87. The van der Waals surface area contributed by atoms with Crippen LogP contribution in [0.15, 0.2) is 0 Å². The van der Waals surface area contributed by atoms with Crippen LogP contribution >= 0.6 is 0 Å². The number of carboxylic acids is 1. The zero-order valence-corrected chi connectivity index (χ0v) is 13.6. The second-order valence-electron chi connectivity index (χ2n) is 6.87. The van der Waals surface area contributed by atoms with Gasteiger partial charge in [0.25, 0.3) is 0 Å². The van der Waals surface area contributed by atoms with Crippen molar-refractivity contribution in [3.05, 3.63) is 0 Å². The maximum atomic E-state index is 11.8. The predicted molar refractivity (Wildman–Crippen MR) is 84.0 cm³/mol. The van der Waals surface area contributed by atoms with Gasteiger partial charge in [0.2, 0.25) is 5.91 Å². The SMILES string of the molecule is CC(C)CC(CNC(=O)CCCC1CCCCC1)C(=O)O. The normalized spacial score (nSPS) is 17.7. The van der Waals surface area contributed by atoms with Crippen molar-refractivity contribution < 1.29 is 14.7 Å². The summed E-state index contributed by atoms with van der Waals surface area (Å²) in [6, 6.07) is 0. The predicted octanol–water partition coefficient (Wildman–Crippen LogP) is 3.60. The first kappa shape index (κ1) is 18.0. The highest BCUT2D eigenvalue weighted by atomic mass is 16.4. The van der Waals surface area contributed by atoms with Gasteiger partial charge >= 0.3 is 5.97 Å². The van der Waals surface area contributed by atoms with Crippen LogP contribution in [0.2, 0.25) is 0 Å². The molecule has 0 aromatic rings. The molecule has 4 heteroatoms. The van der Waals surface area contributed by atoms with E-state index >= 15 is 0 Å². The Morgan fingerprint density at radius 2 is 1.86 bits per heavy atom. The van der Waals surface area contributed by atoms with E-state index in [-0.39, 0.29) is 12.5 Å². The highest BCUT2D eigenvalue weighted by Crippen LogP contribution is 2.27. The maximum Gasteiger partial charge on any atom is 0.308 e. The van der Waals surface area contributed by atoms with Gasteiger partial charge in [-0.05, 0) is 31.1 Å². The Balaban J connectivity index is 2.15. The topological polar surface area (TPSA) is 66.4 Å². The Morgan fingerprint density at radius 1 is 1.19 bits per heavy atom. The van der Waals surface area contributed by atoms with Crippen molar-refractivity contribution in [2.45, 2.75) is 71.6 Å². The second kappa shape index (κ2) is 9.80. The summed E-state index contributed by atoms with van der Waals surface area (Å²) in [7, 11) is 0. The molecule has 0 bridgehead atoms. The van der Waals surface area contributed by atoms with Crippen molar-refractivity contribution in [2.24, 2.45) is 17.8 Å². The molecule has 0 radical (unpaired) electrons. The van der Waals surface area contributed by atoms with Gasteiger partial charge in [0, 0.05) is 13.0 Å². The Hall–Kier alpha value is -1.06. The quantitative estimate of drug-likeness (QED) is 0.683. The van der Waals surface area contributed by atoms with Crippen molar-refractivity contribution in [3.63, 3.8) is 0 Å². The van der Waals surface area contributed by atoms with Crippen molar-refractivity contribution >= 4 is 11.9 Å². The molecule has 0 aromatic carbocycles. The van der Waals surface area contributed by atoms with Crippen LogP contribution in [0.1, 0.15) is 71.6 Å². The molecule has 21 heavy (non-hydrogen) atoms. The van der Waals surface area contributed by atoms with Gasteiger partial charge in [-0.15, -0.1) is 0 Å². The lowest BCUT2D eigenvalue weighted by Crippen LogP contribution is -2.33. The Kier molecular flexibility index (Phi) is 8.40. The number of aliphatic carboxylic acids is 1. The first-order valence-electron chi connectivity index (χ1n) is 8.48. The highest BCUT2D eigenvalue weighted by Gasteiger charge is 2.19. The molecule has 1 aliphatic rings. The maximum absolute atomic E-state index is 11.8. The van der Waals surface area contributed by atoms with E-state index in [1.165, 1.54) is 32.1 Å². The number of carbonyl (C=O) groups excluding carboxylic acids is 1. The third-order valence-corrected chi connectivity index (χ3v) is 4.39. The molecular formula is C17H31NO3. The fraction of sp³-hybridized carbons (Fsp3) is 0.882. The van der Waals surface area contributed by atoms with Crippen LogP contribution in [0.3, 0.4) is 0 Å². The zero-order chi connectivity index (χ0) is 15.7. The van der Waals surface area contributed by atoms with Crippen LogP contribution in [-0.2, 0) is 9.59 Å². The smallest absolute Gasteiger partial charge is 0.308 e. The molecule has 1 unspecified atom stereocenters. The van der Waals surface area contributed by atoms with Crippen molar-refractivity contribution in [1.82, 2.24) is 5.32 Å². The number of hydrogen-bond donors (Lipinski definition) is 2. The molecule has 2 N–H and O–H groups in total. The van der Waals surface area contributed by atoms with E-state index in [1.807, 2.05) is 13.8 Å². The molecule has 122 valence electrons.